The molecule has 9 nitrogen and oxygen atoms in total. The molecule has 0 radical (unpaired) electrons. The molecule has 0 rings (SSSR count). The van der Waals surface area contributed by atoms with Crippen LogP contribution in [0.15, 0.2) is 97.2 Å². The molecular weight excluding hydrogens is 1050 g/mol. The Hall–Kier alpha value is -3.07. The van der Waals surface area contributed by atoms with Gasteiger partial charge in [-0.3, -0.25) is 14.2 Å². The number of rotatable bonds is 62. The van der Waals surface area contributed by atoms with Gasteiger partial charge in [-0.2, -0.15) is 0 Å². The number of phosphoric ester groups is 1. The fourth-order valence-corrected chi connectivity index (χ4v) is 10.4. The lowest BCUT2D eigenvalue weighted by molar-refractivity contribution is -0.870. The number of esters is 1. The predicted octanol–water partition coefficient (Wildman–Crippen LogP) is 21.3. The second-order valence-electron chi connectivity index (χ2n) is 24.3. The first-order valence-electron chi connectivity index (χ1n) is 34.5. The molecule has 83 heavy (non-hydrogen) atoms. The summed E-state index contributed by atoms with van der Waals surface area (Å²) in [4.78, 5) is 40.1. The molecule has 0 aliphatic rings. The van der Waals surface area contributed by atoms with Gasteiger partial charge in [-0.05, 0) is 109 Å². The smallest absolute Gasteiger partial charge is 0.306 e. The Morgan fingerprint density at radius 2 is 0.771 bits per heavy atom. The Labute approximate surface area is 513 Å². The third-order valence-corrected chi connectivity index (χ3v) is 16.0. The van der Waals surface area contributed by atoms with Gasteiger partial charge in [0, 0.05) is 12.8 Å². The average molecular weight is 1180 g/mol. The molecule has 1 N–H and O–H groups in total. The minimum Gasteiger partial charge on any atom is -0.756 e. The quantitative estimate of drug-likeness (QED) is 0.0212. The van der Waals surface area contributed by atoms with Crippen molar-refractivity contribution in [2.75, 3.05) is 40.9 Å². The van der Waals surface area contributed by atoms with Gasteiger partial charge >= 0.3 is 5.97 Å². The summed E-state index contributed by atoms with van der Waals surface area (Å²) in [7, 11) is 1.18. The summed E-state index contributed by atoms with van der Waals surface area (Å²) in [6.45, 7) is 6.71. The monoisotopic (exact) mass is 1180 g/mol. The van der Waals surface area contributed by atoms with Crippen LogP contribution in [0.1, 0.15) is 303 Å². The highest BCUT2D eigenvalue weighted by Crippen LogP contribution is 2.38. The fraction of sp³-hybridized carbons (Fsp3) is 0.753. The number of ether oxygens (including phenoxy) is 1. The Bertz CT molecular complexity index is 1740. The maximum Gasteiger partial charge on any atom is 0.306 e. The number of hydrogen-bond acceptors (Lipinski definition) is 7. The molecule has 0 saturated heterocycles. The highest BCUT2D eigenvalue weighted by atomic mass is 31.2. The molecule has 0 spiro atoms. The number of amides is 1. The number of nitrogens with zero attached hydrogens (tertiary/aromatic N) is 1. The van der Waals surface area contributed by atoms with E-state index in [1.165, 1.54) is 154 Å². The Morgan fingerprint density at radius 1 is 0.434 bits per heavy atom. The molecule has 1 amide bonds. The number of unbranched alkanes of at least 4 members (excludes halogenated alkanes) is 32. The van der Waals surface area contributed by atoms with E-state index in [1.54, 1.807) is 0 Å². The topological polar surface area (TPSA) is 114 Å². The number of nitrogens with one attached hydrogen (secondary N) is 1. The molecule has 0 saturated carbocycles. The molecule has 0 aromatic rings. The van der Waals surface area contributed by atoms with Crippen LogP contribution in [0.25, 0.3) is 0 Å². The summed E-state index contributed by atoms with van der Waals surface area (Å²) in [5, 5.41) is 3.03. The van der Waals surface area contributed by atoms with Gasteiger partial charge in [-0.1, -0.05) is 279 Å². The van der Waals surface area contributed by atoms with E-state index in [9.17, 15) is 19.0 Å². The van der Waals surface area contributed by atoms with Gasteiger partial charge in [0.25, 0.3) is 7.82 Å². The number of phosphoric acid groups is 1. The van der Waals surface area contributed by atoms with Gasteiger partial charge in [0.05, 0.1) is 33.8 Å². The summed E-state index contributed by atoms with van der Waals surface area (Å²) in [6.07, 6.45) is 83.8. The Kier molecular flexibility index (Phi) is 59.7. The Morgan fingerprint density at radius 3 is 1.18 bits per heavy atom. The van der Waals surface area contributed by atoms with E-state index in [4.69, 9.17) is 13.8 Å². The molecule has 0 aromatic carbocycles. The zero-order valence-corrected chi connectivity index (χ0v) is 55.8. The van der Waals surface area contributed by atoms with Crippen molar-refractivity contribution in [2.45, 2.75) is 315 Å². The molecule has 0 fully saturated rings. The van der Waals surface area contributed by atoms with Crippen molar-refractivity contribution in [1.82, 2.24) is 5.32 Å². The third-order valence-electron chi connectivity index (χ3n) is 15.0. The van der Waals surface area contributed by atoms with Gasteiger partial charge < -0.3 is 28.5 Å². The van der Waals surface area contributed by atoms with E-state index in [-0.39, 0.29) is 24.9 Å². The normalized spacial score (nSPS) is 14.2. The van der Waals surface area contributed by atoms with Crippen LogP contribution in [0, 0.1) is 0 Å². The van der Waals surface area contributed by atoms with Gasteiger partial charge in [0.1, 0.15) is 19.3 Å². The van der Waals surface area contributed by atoms with Gasteiger partial charge in [0.15, 0.2) is 0 Å². The molecule has 3 atom stereocenters. The van der Waals surface area contributed by atoms with E-state index in [0.717, 1.165) is 116 Å². The second-order valence-corrected chi connectivity index (χ2v) is 25.7. The molecule has 10 heteroatoms. The lowest BCUT2D eigenvalue weighted by Gasteiger charge is -2.30. The standard InChI is InChI=1S/C73H131N2O7P/c1-7-10-13-16-19-22-25-27-29-31-33-34-35-36-37-38-39-40-42-44-46-48-51-54-57-60-63-66-73(77)82-71(64-61-58-55-52-49-24-21-18-15-12-9-3)70(69-81-83(78,79)80-68-67-75(4,5)6)74-72(76)65-62-59-56-53-50-47-45-43-41-32-30-28-26-23-20-17-14-11-8-2/h10,13,19-20,22-23,27-30,33-34,36-37,61,64,70-71H,7-9,11-12,14-18,21,24-26,31-32,35,38-60,62-63,65-69H2,1-6H3,(H-,74,76,78,79)/b13-10-,22-19-,23-20-,29-27-,30-28-,34-33-,37-36-,64-61-. The lowest BCUT2D eigenvalue weighted by atomic mass is 10.0. The van der Waals surface area contributed by atoms with Gasteiger partial charge in [-0.15, -0.1) is 0 Å². The van der Waals surface area contributed by atoms with Gasteiger partial charge in [0.2, 0.25) is 5.91 Å². The van der Waals surface area contributed by atoms with Gasteiger partial charge in [-0.25, -0.2) is 0 Å². The van der Waals surface area contributed by atoms with E-state index in [0.29, 0.717) is 17.4 Å². The predicted molar refractivity (Wildman–Crippen MR) is 358 cm³/mol. The highest BCUT2D eigenvalue weighted by Gasteiger charge is 2.27. The summed E-state index contributed by atoms with van der Waals surface area (Å²) in [5.41, 5.74) is 0. The van der Waals surface area contributed by atoms with E-state index in [1.807, 2.05) is 33.3 Å². The molecule has 0 heterocycles. The van der Waals surface area contributed by atoms with Crippen molar-refractivity contribution in [2.24, 2.45) is 0 Å². The molecule has 0 aliphatic heterocycles. The van der Waals surface area contributed by atoms with E-state index in [2.05, 4.69) is 111 Å². The second kappa shape index (κ2) is 62.0. The summed E-state index contributed by atoms with van der Waals surface area (Å²) in [6, 6.07) is -0.897. The number of likely N-dealkylation sites (N-methyl/N-ethyl adjacent to an activating group) is 1. The van der Waals surface area contributed by atoms with Crippen molar-refractivity contribution in [3.05, 3.63) is 97.2 Å². The van der Waals surface area contributed by atoms with E-state index >= 15 is 0 Å². The van der Waals surface area contributed by atoms with Crippen LogP contribution in [0.5, 0.6) is 0 Å². The molecular formula is C73H131N2O7P. The maximum absolute atomic E-state index is 13.6. The minimum absolute atomic E-state index is 0.0268. The third kappa shape index (κ3) is 63.3. The van der Waals surface area contributed by atoms with Crippen LogP contribution in [-0.4, -0.2) is 69.4 Å². The van der Waals surface area contributed by atoms with Crippen molar-refractivity contribution in [1.29, 1.82) is 0 Å². The first-order chi connectivity index (χ1) is 40.4. The van der Waals surface area contributed by atoms with Crippen LogP contribution in [-0.2, 0) is 27.9 Å². The van der Waals surface area contributed by atoms with Crippen LogP contribution in [0.4, 0.5) is 0 Å². The highest BCUT2D eigenvalue weighted by molar-refractivity contribution is 7.45. The van der Waals surface area contributed by atoms with Crippen molar-refractivity contribution < 1.29 is 37.3 Å². The zero-order chi connectivity index (χ0) is 60.7. The maximum atomic E-state index is 13.6. The average Bonchev–Trinajstić information content (AvgIpc) is 3.51. The van der Waals surface area contributed by atoms with Crippen molar-refractivity contribution >= 4 is 19.7 Å². The minimum atomic E-state index is -4.71. The first-order valence-corrected chi connectivity index (χ1v) is 36.0. The molecule has 0 aliphatic carbocycles. The zero-order valence-electron chi connectivity index (χ0n) is 54.9. The number of carbonyl (C=O) groups is 2. The largest absolute Gasteiger partial charge is 0.756 e. The van der Waals surface area contributed by atoms with Crippen LogP contribution in [0.3, 0.4) is 0 Å². The summed E-state index contributed by atoms with van der Waals surface area (Å²) >= 11 is 0. The number of hydrogen-bond donors (Lipinski definition) is 1. The Balaban J connectivity index is 5.04. The van der Waals surface area contributed by atoms with E-state index < -0.39 is 26.6 Å². The molecule has 0 bridgehead atoms. The lowest BCUT2D eigenvalue weighted by Crippen LogP contribution is -2.47. The number of carbonyl (C=O) groups excluding carboxylic acids is 2. The molecule has 0 aromatic heterocycles. The van der Waals surface area contributed by atoms with Crippen LogP contribution in [0.2, 0.25) is 0 Å². The number of allylic oxidation sites excluding steroid dienone is 15. The first kappa shape index (κ1) is 79.9. The number of quaternary nitrogens is 1. The summed E-state index contributed by atoms with van der Waals surface area (Å²) in [5.74, 6) is -0.547. The van der Waals surface area contributed by atoms with Crippen molar-refractivity contribution in [3.8, 4) is 0 Å². The van der Waals surface area contributed by atoms with Crippen LogP contribution >= 0.6 is 7.82 Å². The molecule has 480 valence electrons. The van der Waals surface area contributed by atoms with Crippen molar-refractivity contribution in [3.63, 3.8) is 0 Å². The molecule has 3 unspecified atom stereocenters. The fourth-order valence-electron chi connectivity index (χ4n) is 9.70. The summed E-state index contributed by atoms with van der Waals surface area (Å²) < 4.78 is 30.4. The van der Waals surface area contributed by atoms with Crippen LogP contribution < -0.4 is 10.2 Å². The SMILES string of the molecule is CC/C=C\C/C=C\C/C=C\C/C=C\C/C=C\CCCCCCCCCCCCCC(=O)OC(/C=C\CCCCCCCCCCC)C(COP(=O)([O-])OCC[N+](C)(C)C)NC(=O)CCCCCCCCCCC/C=C\C/C=C\CCCCC.